The van der Waals surface area contributed by atoms with Crippen molar-refractivity contribution in [1.29, 1.82) is 0 Å². The minimum Gasteiger partial charge on any atom is -0.379 e. The summed E-state index contributed by atoms with van der Waals surface area (Å²) in [4.78, 5) is 13.0. The van der Waals surface area contributed by atoms with E-state index in [1.165, 1.54) is 16.7 Å². The number of thiazole rings is 1. The molecular weight excluding hydrogens is 573 g/mol. The fourth-order valence-electron chi connectivity index (χ4n) is 5.63. The molecule has 0 aliphatic carbocycles. The van der Waals surface area contributed by atoms with E-state index in [0.717, 1.165) is 64.5 Å². The van der Waals surface area contributed by atoms with Gasteiger partial charge in [-0.15, -0.1) is 0 Å². The van der Waals surface area contributed by atoms with Gasteiger partial charge in [0, 0.05) is 29.8 Å². The van der Waals surface area contributed by atoms with Crippen molar-refractivity contribution >= 4 is 22.2 Å². The van der Waals surface area contributed by atoms with E-state index in [-0.39, 0.29) is 11.5 Å². The van der Waals surface area contributed by atoms with Crippen molar-refractivity contribution in [3.8, 4) is 21.8 Å². The van der Waals surface area contributed by atoms with Gasteiger partial charge in [-0.2, -0.15) is 0 Å². The number of aromatic nitrogens is 1. The molecule has 1 aliphatic rings. The molecule has 0 bridgehead atoms. The topological polar surface area (TPSA) is 49.8 Å². The number of anilines is 1. The predicted octanol–water partition coefficient (Wildman–Crippen LogP) is 9.02. The minimum absolute atomic E-state index is 0.109. The van der Waals surface area contributed by atoms with Crippen LogP contribution in [0.3, 0.4) is 0 Å². The number of nitrogens with one attached hydrogen (secondary N) is 1. The minimum atomic E-state index is 0.109. The highest BCUT2D eigenvalue weighted by atomic mass is 32.1. The van der Waals surface area contributed by atoms with E-state index < -0.39 is 0 Å². The lowest BCUT2D eigenvalue weighted by Gasteiger charge is -2.34. The maximum atomic E-state index is 5.73. The van der Waals surface area contributed by atoms with Gasteiger partial charge in [-0.3, -0.25) is 9.89 Å². The van der Waals surface area contributed by atoms with E-state index in [2.05, 4.69) is 135 Å². The maximum Gasteiger partial charge on any atom is 0.133 e. The second-order valence-corrected chi connectivity index (χ2v) is 13.6. The van der Waals surface area contributed by atoms with Gasteiger partial charge in [0.15, 0.2) is 0 Å². The zero-order valence-electron chi connectivity index (χ0n) is 26.7. The summed E-state index contributed by atoms with van der Waals surface area (Å²) >= 11 is 1.67. The van der Waals surface area contributed by atoms with E-state index >= 15 is 0 Å². The Balaban J connectivity index is 1.39. The number of amidine groups is 1. The van der Waals surface area contributed by atoms with Gasteiger partial charge >= 0.3 is 0 Å². The highest BCUT2D eigenvalue weighted by Gasteiger charge is 2.24. The van der Waals surface area contributed by atoms with Crippen LogP contribution in [0.4, 0.5) is 5.00 Å². The second kappa shape index (κ2) is 13.9. The summed E-state index contributed by atoms with van der Waals surface area (Å²) in [6, 6.07) is 38.7. The van der Waals surface area contributed by atoms with E-state index in [1.807, 2.05) is 12.1 Å². The Morgan fingerprint density at radius 1 is 0.844 bits per heavy atom. The molecule has 1 fully saturated rings. The monoisotopic (exact) mass is 614 g/mol. The Hall–Kier alpha value is -4.10. The normalized spacial score (nSPS) is 15.2. The van der Waals surface area contributed by atoms with Crippen LogP contribution in [-0.2, 0) is 10.2 Å². The summed E-state index contributed by atoms with van der Waals surface area (Å²) in [6.07, 6.45) is 0. The lowest BCUT2D eigenvalue weighted by molar-refractivity contribution is 0.0180. The van der Waals surface area contributed by atoms with Gasteiger partial charge < -0.3 is 10.1 Å². The first kappa shape index (κ1) is 30.9. The third-order valence-corrected chi connectivity index (χ3v) is 9.34. The van der Waals surface area contributed by atoms with Crippen LogP contribution in [0, 0.1) is 6.92 Å². The predicted molar refractivity (Wildman–Crippen MR) is 189 cm³/mol. The van der Waals surface area contributed by atoms with Crippen molar-refractivity contribution < 1.29 is 4.74 Å². The molecular formula is C39H42N4OS. The summed E-state index contributed by atoms with van der Waals surface area (Å²) < 4.78 is 5.73. The molecule has 4 aromatic carbocycles. The first-order valence-electron chi connectivity index (χ1n) is 15.8. The molecule has 6 rings (SSSR count). The van der Waals surface area contributed by atoms with E-state index in [0.29, 0.717) is 6.54 Å². The van der Waals surface area contributed by atoms with Gasteiger partial charge in [-0.05, 0) is 23.5 Å². The number of hydrogen-bond donors (Lipinski definition) is 1. The largest absolute Gasteiger partial charge is 0.379 e. The van der Waals surface area contributed by atoms with Crippen LogP contribution in [0.2, 0.25) is 0 Å². The molecule has 5 nitrogen and oxygen atoms in total. The van der Waals surface area contributed by atoms with Crippen molar-refractivity contribution in [3.05, 3.63) is 131 Å². The van der Waals surface area contributed by atoms with Crippen molar-refractivity contribution in [2.45, 2.75) is 39.2 Å². The highest BCUT2D eigenvalue weighted by Crippen LogP contribution is 2.38. The molecule has 0 spiro atoms. The fraction of sp³-hybridized carbons (Fsp3) is 0.282. The third-order valence-electron chi connectivity index (χ3n) is 8.32. The number of aliphatic imine (C=N–C) groups is 1. The molecule has 1 N–H and O–H groups in total. The smallest absolute Gasteiger partial charge is 0.133 e. The van der Waals surface area contributed by atoms with E-state index in [9.17, 15) is 0 Å². The molecule has 230 valence electrons. The van der Waals surface area contributed by atoms with E-state index in [1.54, 1.807) is 11.3 Å². The molecule has 1 atom stereocenters. The molecule has 1 unspecified atom stereocenters. The molecule has 0 amide bonds. The third kappa shape index (κ3) is 7.59. The number of morpholine rings is 1. The number of hydrogen-bond acceptors (Lipinski definition) is 5. The van der Waals surface area contributed by atoms with Crippen LogP contribution in [0.15, 0.2) is 114 Å². The summed E-state index contributed by atoms with van der Waals surface area (Å²) in [7, 11) is 0. The van der Waals surface area contributed by atoms with Crippen molar-refractivity contribution in [2.75, 3.05) is 38.2 Å². The Labute approximate surface area is 271 Å². The van der Waals surface area contributed by atoms with Crippen LogP contribution in [-0.4, -0.2) is 48.6 Å². The van der Waals surface area contributed by atoms with Crippen molar-refractivity contribution in [2.24, 2.45) is 4.99 Å². The number of ether oxygens (including phenoxy) is 1. The lowest BCUT2D eigenvalue weighted by Crippen LogP contribution is -2.40. The van der Waals surface area contributed by atoms with Crippen LogP contribution < -0.4 is 5.32 Å². The highest BCUT2D eigenvalue weighted by molar-refractivity contribution is 7.19. The summed E-state index contributed by atoms with van der Waals surface area (Å²) in [5.74, 6) is 0.847. The van der Waals surface area contributed by atoms with Gasteiger partial charge in [0.2, 0.25) is 0 Å². The van der Waals surface area contributed by atoms with Crippen LogP contribution >= 0.6 is 11.3 Å². The van der Waals surface area contributed by atoms with Crippen LogP contribution in [0.1, 0.15) is 49.1 Å². The molecule has 1 aromatic heterocycles. The maximum absolute atomic E-state index is 5.73. The Morgan fingerprint density at radius 3 is 2.09 bits per heavy atom. The Morgan fingerprint density at radius 2 is 1.47 bits per heavy atom. The first-order chi connectivity index (χ1) is 21.8. The molecule has 1 aliphatic heterocycles. The molecule has 5 aromatic rings. The quantitative estimate of drug-likeness (QED) is 0.140. The van der Waals surface area contributed by atoms with Gasteiger partial charge in [0.25, 0.3) is 0 Å². The molecule has 6 heteroatoms. The first-order valence-corrected chi connectivity index (χ1v) is 16.6. The molecule has 2 heterocycles. The van der Waals surface area contributed by atoms with Gasteiger partial charge in [-0.1, -0.05) is 147 Å². The van der Waals surface area contributed by atoms with Crippen LogP contribution in [0.25, 0.3) is 21.8 Å². The zero-order chi connectivity index (χ0) is 31.2. The van der Waals surface area contributed by atoms with Crippen LogP contribution in [0.5, 0.6) is 0 Å². The number of rotatable bonds is 8. The molecule has 45 heavy (non-hydrogen) atoms. The fourth-order valence-corrected chi connectivity index (χ4v) is 6.62. The molecule has 1 saturated heterocycles. The SMILES string of the molecule is Cc1ccc(C(=NCC(c2ccc(C(C)(C)C)cc2)N2CCOCC2)Nc2sc(-c3ccccc3)nc2-c2ccccc2)cc1. The van der Waals surface area contributed by atoms with Gasteiger partial charge in [0.1, 0.15) is 21.5 Å². The van der Waals surface area contributed by atoms with Crippen molar-refractivity contribution in [3.63, 3.8) is 0 Å². The Kier molecular flexibility index (Phi) is 9.55. The van der Waals surface area contributed by atoms with E-state index in [4.69, 9.17) is 14.7 Å². The average Bonchev–Trinajstić information content (AvgIpc) is 3.50. The summed E-state index contributed by atoms with van der Waals surface area (Å²) in [6.45, 7) is 12.8. The van der Waals surface area contributed by atoms with Gasteiger partial charge in [0.05, 0.1) is 25.8 Å². The van der Waals surface area contributed by atoms with Gasteiger partial charge in [-0.25, -0.2) is 4.98 Å². The second-order valence-electron chi connectivity index (χ2n) is 12.6. The average molecular weight is 615 g/mol. The number of nitrogens with zero attached hydrogens (tertiary/aromatic N) is 3. The van der Waals surface area contributed by atoms with Crippen molar-refractivity contribution in [1.82, 2.24) is 9.88 Å². The summed E-state index contributed by atoms with van der Waals surface area (Å²) in [5, 5.41) is 5.73. The standard InChI is InChI=1S/C39H42N4OS/c1-28-15-17-31(18-16-28)36(40-27-34(43-23-25-44-26-24-43)29-19-21-33(22-20-29)39(2,3)4)42-38-35(30-11-7-5-8-12-30)41-37(45-38)32-13-9-6-10-14-32/h5-22,34H,23-27H2,1-4H3,(H,40,42). The zero-order valence-corrected chi connectivity index (χ0v) is 27.5. The summed E-state index contributed by atoms with van der Waals surface area (Å²) in [5.41, 5.74) is 8.12. The lowest BCUT2D eigenvalue weighted by atomic mass is 9.86. The molecule has 0 saturated carbocycles. The number of aryl methyl sites for hydroxylation is 1. The number of benzene rings is 4. The molecule has 0 radical (unpaired) electrons. The Bertz CT molecular complexity index is 1700.